The van der Waals surface area contributed by atoms with Crippen LogP contribution in [-0.2, 0) is 9.59 Å². The van der Waals surface area contributed by atoms with Crippen LogP contribution in [0, 0.1) is 5.92 Å². The number of halogens is 1. The van der Waals surface area contributed by atoms with E-state index in [1.807, 2.05) is 0 Å². The Balaban J connectivity index is 4.55. The zero-order valence-corrected chi connectivity index (χ0v) is 6.17. The van der Waals surface area contributed by atoms with Crippen LogP contribution in [0.3, 0.4) is 0 Å². The van der Waals surface area contributed by atoms with Crippen molar-refractivity contribution in [2.24, 2.45) is 5.92 Å². The average Bonchev–Trinajstić information content (AvgIpc) is 1.85. The van der Waals surface area contributed by atoms with Gasteiger partial charge >= 0.3 is 11.9 Å². The molecule has 0 aliphatic heterocycles. The van der Waals surface area contributed by atoms with Gasteiger partial charge in [0.2, 0.25) is 5.67 Å². The molecule has 2 unspecified atom stereocenters. The molecule has 0 saturated heterocycles. The summed E-state index contributed by atoms with van der Waals surface area (Å²) >= 11 is 0. The van der Waals surface area contributed by atoms with Crippen LogP contribution < -0.4 is 0 Å². The lowest BCUT2D eigenvalue weighted by molar-refractivity contribution is -0.162. The van der Waals surface area contributed by atoms with E-state index in [-0.39, 0.29) is 0 Å². The van der Waals surface area contributed by atoms with Crippen molar-refractivity contribution in [3.63, 3.8) is 0 Å². The van der Waals surface area contributed by atoms with Crippen molar-refractivity contribution in [3.05, 3.63) is 0 Å². The Morgan fingerprint density at radius 1 is 1.45 bits per heavy atom. The standard InChI is InChI=1S/C6H9FO4/c1-3(4(8)9)6(2,7)5(10)11/h3H,1-2H3,(H,8,9)(H,10,11). The summed E-state index contributed by atoms with van der Waals surface area (Å²) in [7, 11) is 0. The summed E-state index contributed by atoms with van der Waals surface area (Å²) in [4.78, 5) is 20.3. The summed E-state index contributed by atoms with van der Waals surface area (Å²) in [5, 5.41) is 16.5. The van der Waals surface area contributed by atoms with Crippen LogP contribution in [0.2, 0.25) is 0 Å². The molecule has 0 fully saturated rings. The maximum Gasteiger partial charge on any atom is 0.342 e. The van der Waals surface area contributed by atoms with E-state index < -0.39 is 23.5 Å². The molecular formula is C6H9FO4. The number of rotatable bonds is 3. The Hall–Kier alpha value is -1.13. The number of carbonyl (C=O) groups is 2. The van der Waals surface area contributed by atoms with Crippen molar-refractivity contribution in [2.75, 3.05) is 0 Å². The van der Waals surface area contributed by atoms with E-state index in [1.165, 1.54) is 0 Å². The number of hydrogen-bond donors (Lipinski definition) is 2. The van der Waals surface area contributed by atoms with Crippen LogP contribution in [-0.4, -0.2) is 27.8 Å². The first-order valence-electron chi connectivity index (χ1n) is 2.95. The molecule has 0 saturated carbocycles. The first kappa shape index (κ1) is 9.87. The van der Waals surface area contributed by atoms with Crippen molar-refractivity contribution < 1.29 is 24.2 Å². The molecule has 0 spiro atoms. The summed E-state index contributed by atoms with van der Waals surface area (Å²) in [6.07, 6.45) is 0. The van der Waals surface area contributed by atoms with Crippen LogP contribution in [0.1, 0.15) is 13.8 Å². The van der Waals surface area contributed by atoms with Gasteiger partial charge in [0.15, 0.2) is 0 Å². The van der Waals surface area contributed by atoms with Crippen LogP contribution in [0.15, 0.2) is 0 Å². The largest absolute Gasteiger partial charge is 0.481 e. The fraction of sp³-hybridized carbons (Fsp3) is 0.667. The molecule has 64 valence electrons. The van der Waals surface area contributed by atoms with Gasteiger partial charge in [-0.15, -0.1) is 0 Å². The molecule has 0 amide bonds. The predicted octanol–water partition coefficient (Wildman–Crippen LogP) is 0.520. The highest BCUT2D eigenvalue weighted by atomic mass is 19.1. The van der Waals surface area contributed by atoms with Gasteiger partial charge in [0.25, 0.3) is 0 Å². The van der Waals surface area contributed by atoms with Gasteiger partial charge in [-0.1, -0.05) is 0 Å². The summed E-state index contributed by atoms with van der Waals surface area (Å²) in [6.45, 7) is 1.74. The molecule has 0 bridgehead atoms. The zero-order valence-electron chi connectivity index (χ0n) is 6.17. The molecule has 0 aromatic rings. The van der Waals surface area contributed by atoms with E-state index >= 15 is 0 Å². The van der Waals surface area contributed by atoms with Crippen molar-refractivity contribution in [3.8, 4) is 0 Å². The second-order valence-electron chi connectivity index (χ2n) is 2.44. The summed E-state index contributed by atoms with van der Waals surface area (Å²) in [5.41, 5.74) is -2.70. The smallest absolute Gasteiger partial charge is 0.342 e. The number of alkyl halides is 1. The molecule has 5 heteroatoms. The van der Waals surface area contributed by atoms with Crippen molar-refractivity contribution >= 4 is 11.9 Å². The predicted molar refractivity (Wildman–Crippen MR) is 33.9 cm³/mol. The lowest BCUT2D eigenvalue weighted by Gasteiger charge is -2.18. The molecule has 0 aromatic carbocycles. The lowest BCUT2D eigenvalue weighted by Crippen LogP contribution is -2.41. The highest BCUT2D eigenvalue weighted by molar-refractivity contribution is 5.84. The Morgan fingerprint density at radius 2 is 1.82 bits per heavy atom. The number of hydrogen-bond acceptors (Lipinski definition) is 2. The monoisotopic (exact) mass is 164 g/mol. The molecule has 4 nitrogen and oxygen atoms in total. The molecule has 11 heavy (non-hydrogen) atoms. The minimum absolute atomic E-state index is 0.730. The minimum atomic E-state index is -2.70. The zero-order chi connectivity index (χ0) is 9.23. The Bertz CT molecular complexity index is 187. The molecule has 0 aliphatic rings. The minimum Gasteiger partial charge on any atom is -0.481 e. The maximum absolute atomic E-state index is 12.9. The van der Waals surface area contributed by atoms with Gasteiger partial charge in [0.05, 0.1) is 5.92 Å². The molecule has 2 atom stereocenters. The molecule has 0 heterocycles. The molecule has 2 N–H and O–H groups in total. The van der Waals surface area contributed by atoms with Crippen molar-refractivity contribution in [1.29, 1.82) is 0 Å². The van der Waals surface area contributed by atoms with Crippen molar-refractivity contribution in [2.45, 2.75) is 19.5 Å². The second kappa shape index (κ2) is 2.86. The van der Waals surface area contributed by atoms with Crippen LogP contribution >= 0.6 is 0 Å². The average molecular weight is 164 g/mol. The van der Waals surface area contributed by atoms with E-state index in [4.69, 9.17) is 10.2 Å². The van der Waals surface area contributed by atoms with Gasteiger partial charge in [-0.05, 0) is 13.8 Å². The number of aliphatic carboxylic acids is 2. The molecule has 0 rings (SSSR count). The lowest BCUT2D eigenvalue weighted by atomic mass is 9.93. The Morgan fingerprint density at radius 3 is 1.91 bits per heavy atom. The highest BCUT2D eigenvalue weighted by Gasteiger charge is 2.43. The fourth-order valence-electron chi connectivity index (χ4n) is 0.417. The van der Waals surface area contributed by atoms with E-state index in [1.54, 1.807) is 0 Å². The molecule has 0 aliphatic carbocycles. The summed E-state index contributed by atoms with van der Waals surface area (Å²) in [5.74, 6) is -4.76. The number of carboxylic acid groups (broad SMARTS) is 2. The van der Waals surface area contributed by atoms with E-state index in [9.17, 15) is 14.0 Å². The first-order valence-corrected chi connectivity index (χ1v) is 2.95. The SMILES string of the molecule is CC(C(=O)O)C(C)(F)C(=O)O. The van der Waals surface area contributed by atoms with Crippen LogP contribution in [0.5, 0.6) is 0 Å². The third-order valence-corrected chi connectivity index (χ3v) is 1.60. The van der Waals surface area contributed by atoms with Crippen LogP contribution in [0.4, 0.5) is 4.39 Å². The normalized spacial score (nSPS) is 18.5. The topological polar surface area (TPSA) is 74.6 Å². The third kappa shape index (κ3) is 1.89. The van der Waals surface area contributed by atoms with Crippen molar-refractivity contribution in [1.82, 2.24) is 0 Å². The summed E-state index contributed by atoms with van der Waals surface area (Å²) in [6, 6.07) is 0. The molecule has 0 aromatic heterocycles. The van der Waals surface area contributed by atoms with Crippen LogP contribution in [0.25, 0.3) is 0 Å². The quantitative estimate of drug-likeness (QED) is 0.637. The number of carboxylic acids is 2. The van der Waals surface area contributed by atoms with Gasteiger partial charge in [0, 0.05) is 0 Å². The van der Waals surface area contributed by atoms with Gasteiger partial charge in [-0.3, -0.25) is 4.79 Å². The molecule has 0 radical (unpaired) electrons. The third-order valence-electron chi connectivity index (χ3n) is 1.60. The van der Waals surface area contributed by atoms with Gasteiger partial charge in [-0.25, -0.2) is 9.18 Å². The Labute approximate surface area is 62.6 Å². The highest BCUT2D eigenvalue weighted by Crippen LogP contribution is 2.21. The second-order valence-corrected chi connectivity index (χ2v) is 2.44. The summed E-state index contributed by atoms with van der Waals surface area (Å²) < 4.78 is 12.9. The molecular weight excluding hydrogens is 155 g/mol. The Kier molecular flexibility index (Phi) is 2.56. The first-order chi connectivity index (χ1) is 4.80. The van der Waals surface area contributed by atoms with Gasteiger partial charge in [0.1, 0.15) is 0 Å². The maximum atomic E-state index is 12.9. The van der Waals surface area contributed by atoms with E-state index in [0.717, 1.165) is 13.8 Å². The van der Waals surface area contributed by atoms with Gasteiger partial charge < -0.3 is 10.2 Å². The van der Waals surface area contributed by atoms with E-state index in [0.29, 0.717) is 0 Å². The fourth-order valence-corrected chi connectivity index (χ4v) is 0.417. The van der Waals surface area contributed by atoms with Gasteiger partial charge in [-0.2, -0.15) is 0 Å². The van der Waals surface area contributed by atoms with E-state index in [2.05, 4.69) is 0 Å².